The van der Waals surface area contributed by atoms with Crippen molar-refractivity contribution in [3.63, 3.8) is 0 Å². The average molecular weight is 330 g/mol. The van der Waals surface area contributed by atoms with Crippen molar-refractivity contribution in [3.05, 3.63) is 63.6 Å². The van der Waals surface area contributed by atoms with Gasteiger partial charge in [0, 0.05) is 16.6 Å². The molecule has 3 nitrogen and oxygen atoms in total. The molecular formula is C14H13Cl2NO2S. The quantitative estimate of drug-likeness (QED) is 0.934. The van der Waals surface area contributed by atoms with Gasteiger partial charge in [0.15, 0.2) is 9.84 Å². The molecule has 0 aliphatic heterocycles. The minimum Gasteiger partial charge on any atom is -0.326 e. The molecule has 20 heavy (non-hydrogen) atoms. The van der Waals surface area contributed by atoms with E-state index in [-0.39, 0.29) is 10.6 Å². The molecule has 106 valence electrons. The van der Waals surface area contributed by atoms with Gasteiger partial charge in [0.1, 0.15) is 0 Å². The Morgan fingerprint density at radius 1 is 1.00 bits per heavy atom. The number of nitrogens with two attached hydrogens (primary N) is 1. The zero-order valence-electron chi connectivity index (χ0n) is 10.5. The third-order valence-corrected chi connectivity index (χ3v) is 5.16. The topological polar surface area (TPSA) is 60.2 Å². The van der Waals surface area contributed by atoms with Crippen molar-refractivity contribution in [2.75, 3.05) is 0 Å². The molecule has 0 radical (unpaired) electrons. The molecule has 0 spiro atoms. The lowest BCUT2D eigenvalue weighted by atomic mass is 10.1. The summed E-state index contributed by atoms with van der Waals surface area (Å²) in [6.45, 7) is 0.365. The van der Waals surface area contributed by atoms with E-state index >= 15 is 0 Å². The van der Waals surface area contributed by atoms with Gasteiger partial charge in [-0.25, -0.2) is 8.42 Å². The fourth-order valence-corrected chi connectivity index (χ4v) is 3.62. The Hall–Kier alpha value is -1.07. The first-order valence-electron chi connectivity index (χ1n) is 5.88. The van der Waals surface area contributed by atoms with Crippen molar-refractivity contribution in [1.82, 2.24) is 0 Å². The summed E-state index contributed by atoms with van der Waals surface area (Å²) in [6.07, 6.45) is 0. The molecule has 0 atom stereocenters. The highest BCUT2D eigenvalue weighted by atomic mass is 35.5. The molecule has 0 fully saturated rings. The number of benzene rings is 2. The number of sulfone groups is 1. The molecule has 2 aromatic rings. The molecule has 0 unspecified atom stereocenters. The minimum absolute atomic E-state index is 0.154. The normalized spacial score (nSPS) is 11.6. The Bertz CT molecular complexity index is 712. The van der Waals surface area contributed by atoms with Crippen molar-refractivity contribution in [1.29, 1.82) is 0 Å². The molecule has 0 amide bonds. The molecule has 0 bridgehead atoms. The molecule has 0 saturated heterocycles. The van der Waals surface area contributed by atoms with Crippen LogP contribution in [0.2, 0.25) is 10.0 Å². The van der Waals surface area contributed by atoms with Gasteiger partial charge in [-0.1, -0.05) is 35.3 Å². The minimum atomic E-state index is -3.45. The van der Waals surface area contributed by atoms with Crippen molar-refractivity contribution in [3.8, 4) is 0 Å². The molecule has 2 N–H and O–H groups in total. The van der Waals surface area contributed by atoms with E-state index in [9.17, 15) is 8.42 Å². The number of rotatable bonds is 4. The van der Waals surface area contributed by atoms with E-state index in [1.165, 1.54) is 12.1 Å². The molecule has 6 heteroatoms. The smallest absolute Gasteiger partial charge is 0.182 e. The molecule has 0 saturated carbocycles. The van der Waals surface area contributed by atoms with Crippen LogP contribution in [-0.2, 0) is 22.1 Å². The highest BCUT2D eigenvalue weighted by Gasteiger charge is 2.17. The summed E-state index contributed by atoms with van der Waals surface area (Å²) in [5.74, 6) is -0.154. The van der Waals surface area contributed by atoms with Gasteiger partial charge in [0.2, 0.25) is 0 Å². The van der Waals surface area contributed by atoms with Crippen LogP contribution in [0, 0.1) is 0 Å². The third-order valence-electron chi connectivity index (χ3n) is 2.87. The second-order valence-corrected chi connectivity index (χ2v) is 7.18. The molecule has 0 heterocycles. The van der Waals surface area contributed by atoms with Crippen LogP contribution in [0.5, 0.6) is 0 Å². The Morgan fingerprint density at radius 3 is 2.20 bits per heavy atom. The second-order valence-electron chi connectivity index (χ2n) is 4.34. The van der Waals surface area contributed by atoms with Crippen LogP contribution in [0.4, 0.5) is 0 Å². The molecular weight excluding hydrogens is 317 g/mol. The van der Waals surface area contributed by atoms with Gasteiger partial charge in [-0.05, 0) is 41.5 Å². The Balaban J connectivity index is 2.31. The summed E-state index contributed by atoms with van der Waals surface area (Å²) in [5, 5.41) is 0.903. The number of halogens is 2. The zero-order valence-corrected chi connectivity index (χ0v) is 12.8. The zero-order chi connectivity index (χ0) is 14.8. The van der Waals surface area contributed by atoms with E-state index in [0.717, 1.165) is 5.56 Å². The first-order valence-corrected chi connectivity index (χ1v) is 8.29. The van der Waals surface area contributed by atoms with Gasteiger partial charge in [-0.2, -0.15) is 0 Å². The second kappa shape index (κ2) is 6.14. The van der Waals surface area contributed by atoms with Gasteiger partial charge in [-0.3, -0.25) is 0 Å². The van der Waals surface area contributed by atoms with Crippen molar-refractivity contribution in [2.24, 2.45) is 5.73 Å². The van der Waals surface area contributed by atoms with E-state index in [1.54, 1.807) is 30.3 Å². The van der Waals surface area contributed by atoms with E-state index in [1.807, 2.05) is 0 Å². The van der Waals surface area contributed by atoms with E-state index < -0.39 is 9.84 Å². The maximum Gasteiger partial charge on any atom is 0.182 e. The van der Waals surface area contributed by atoms with Crippen LogP contribution in [0.1, 0.15) is 11.1 Å². The fourth-order valence-electron chi connectivity index (χ4n) is 1.76. The van der Waals surface area contributed by atoms with Gasteiger partial charge in [0.25, 0.3) is 0 Å². The molecule has 0 aliphatic carbocycles. The van der Waals surface area contributed by atoms with Gasteiger partial charge < -0.3 is 5.73 Å². The highest BCUT2D eigenvalue weighted by molar-refractivity contribution is 7.90. The predicted molar refractivity (Wildman–Crippen MR) is 81.7 cm³/mol. The number of hydrogen-bond donors (Lipinski definition) is 1. The van der Waals surface area contributed by atoms with Gasteiger partial charge in [0.05, 0.1) is 10.6 Å². The first-order chi connectivity index (χ1) is 9.42. The summed E-state index contributed by atoms with van der Waals surface area (Å²) in [7, 11) is -3.45. The van der Waals surface area contributed by atoms with Crippen LogP contribution >= 0.6 is 23.2 Å². The van der Waals surface area contributed by atoms with Crippen LogP contribution < -0.4 is 5.73 Å². The van der Waals surface area contributed by atoms with Crippen molar-refractivity contribution < 1.29 is 8.42 Å². The standard InChI is InChI=1S/C14H13Cl2NO2S/c15-12-3-5-13(6-4-12)20(18,19)9-11-2-1-10(8-17)7-14(11)16/h1-7H,8-9,17H2. The maximum atomic E-state index is 12.3. The van der Waals surface area contributed by atoms with Crippen molar-refractivity contribution in [2.45, 2.75) is 17.2 Å². The summed E-state index contributed by atoms with van der Waals surface area (Å²) >= 11 is 11.8. The van der Waals surface area contributed by atoms with Gasteiger partial charge in [-0.15, -0.1) is 0 Å². The van der Waals surface area contributed by atoms with E-state index in [0.29, 0.717) is 22.2 Å². The summed E-state index contributed by atoms with van der Waals surface area (Å²) in [6, 6.07) is 11.2. The third kappa shape index (κ3) is 3.52. The summed E-state index contributed by atoms with van der Waals surface area (Å²) < 4.78 is 24.6. The van der Waals surface area contributed by atoms with Crippen LogP contribution in [0.15, 0.2) is 47.4 Å². The summed E-state index contributed by atoms with van der Waals surface area (Å²) in [4.78, 5) is 0.223. The van der Waals surface area contributed by atoms with Crippen LogP contribution in [-0.4, -0.2) is 8.42 Å². The Labute approximate surface area is 128 Å². The lowest BCUT2D eigenvalue weighted by Gasteiger charge is -2.08. The lowest BCUT2D eigenvalue weighted by molar-refractivity contribution is 0.595. The largest absolute Gasteiger partial charge is 0.326 e. The maximum absolute atomic E-state index is 12.3. The van der Waals surface area contributed by atoms with Crippen LogP contribution in [0.25, 0.3) is 0 Å². The Kier molecular flexibility index (Phi) is 4.70. The van der Waals surface area contributed by atoms with E-state index in [4.69, 9.17) is 28.9 Å². The van der Waals surface area contributed by atoms with E-state index in [2.05, 4.69) is 0 Å². The molecule has 2 rings (SSSR count). The fraction of sp³-hybridized carbons (Fsp3) is 0.143. The van der Waals surface area contributed by atoms with Crippen molar-refractivity contribution >= 4 is 33.0 Å². The highest BCUT2D eigenvalue weighted by Crippen LogP contribution is 2.24. The lowest BCUT2D eigenvalue weighted by Crippen LogP contribution is -2.06. The predicted octanol–water partition coefficient (Wildman–Crippen LogP) is 3.43. The Morgan fingerprint density at radius 2 is 1.65 bits per heavy atom. The number of hydrogen-bond acceptors (Lipinski definition) is 3. The molecule has 0 aliphatic rings. The first kappa shape index (κ1) is 15.3. The SMILES string of the molecule is NCc1ccc(CS(=O)(=O)c2ccc(Cl)cc2)c(Cl)c1. The summed E-state index contributed by atoms with van der Waals surface area (Å²) in [5.41, 5.74) is 6.93. The van der Waals surface area contributed by atoms with Crippen LogP contribution in [0.3, 0.4) is 0 Å². The van der Waals surface area contributed by atoms with Gasteiger partial charge >= 0.3 is 0 Å². The molecule has 2 aromatic carbocycles. The molecule has 0 aromatic heterocycles. The average Bonchev–Trinajstić information content (AvgIpc) is 2.41. The monoisotopic (exact) mass is 329 g/mol.